The third-order valence-corrected chi connectivity index (χ3v) is 3.54. The zero-order valence-corrected chi connectivity index (χ0v) is 11.7. The number of nitrogens with zero attached hydrogens (tertiary/aromatic N) is 1. The van der Waals surface area contributed by atoms with Crippen LogP contribution in [-0.2, 0) is 9.59 Å². The molecule has 1 atom stereocenters. The summed E-state index contributed by atoms with van der Waals surface area (Å²) in [6.45, 7) is 9.82. The summed E-state index contributed by atoms with van der Waals surface area (Å²) in [5.41, 5.74) is 0. The molecule has 5 heteroatoms. The summed E-state index contributed by atoms with van der Waals surface area (Å²) in [6.07, 6.45) is 0.904. The average molecular weight is 255 g/mol. The zero-order valence-electron chi connectivity index (χ0n) is 11.7. The first kappa shape index (κ1) is 15.0. The van der Waals surface area contributed by atoms with Gasteiger partial charge in [0.1, 0.15) is 0 Å². The van der Waals surface area contributed by atoms with Gasteiger partial charge in [-0.2, -0.15) is 0 Å². The molecular weight excluding hydrogens is 230 g/mol. The molecule has 104 valence electrons. The lowest BCUT2D eigenvalue weighted by Gasteiger charge is -2.20. The quantitative estimate of drug-likeness (QED) is 0.709. The Morgan fingerprint density at radius 1 is 1.22 bits per heavy atom. The van der Waals surface area contributed by atoms with E-state index in [-0.39, 0.29) is 0 Å². The molecule has 1 fully saturated rings. The minimum absolute atomic E-state index is 0.382. The largest absolute Gasteiger partial charge is 0.348 e. The molecule has 1 rings (SSSR count). The lowest BCUT2D eigenvalue weighted by Crippen LogP contribution is -2.45. The molecule has 0 radical (unpaired) electrons. The van der Waals surface area contributed by atoms with Crippen LogP contribution >= 0.6 is 0 Å². The maximum atomic E-state index is 11.9. The first-order valence-corrected chi connectivity index (χ1v) is 6.80. The molecule has 1 aliphatic rings. The van der Waals surface area contributed by atoms with E-state index in [2.05, 4.69) is 31.4 Å². The third-order valence-electron chi connectivity index (χ3n) is 3.54. The van der Waals surface area contributed by atoms with Gasteiger partial charge in [-0.15, -0.1) is 0 Å². The molecule has 0 aromatic heterocycles. The van der Waals surface area contributed by atoms with Crippen molar-refractivity contribution in [3.63, 3.8) is 0 Å². The summed E-state index contributed by atoms with van der Waals surface area (Å²) in [5, 5.41) is 5.94. The van der Waals surface area contributed by atoms with E-state index in [4.69, 9.17) is 0 Å². The molecule has 2 amide bonds. The van der Waals surface area contributed by atoms with Crippen LogP contribution in [0.5, 0.6) is 0 Å². The highest BCUT2D eigenvalue weighted by molar-refractivity contribution is 6.35. The predicted molar refractivity (Wildman–Crippen MR) is 71.1 cm³/mol. The summed E-state index contributed by atoms with van der Waals surface area (Å²) in [5.74, 6) is 0.0226. The number of rotatable bonds is 3. The monoisotopic (exact) mass is 255 g/mol. The summed E-state index contributed by atoms with van der Waals surface area (Å²) in [7, 11) is 0. The Bertz CT molecular complexity index is 284. The van der Waals surface area contributed by atoms with Crippen molar-refractivity contribution >= 4 is 11.8 Å². The van der Waals surface area contributed by atoms with E-state index in [0.717, 1.165) is 19.5 Å². The van der Waals surface area contributed by atoms with Gasteiger partial charge < -0.3 is 15.5 Å². The van der Waals surface area contributed by atoms with E-state index < -0.39 is 11.8 Å². The number of carbonyl (C=O) groups is 2. The van der Waals surface area contributed by atoms with Gasteiger partial charge >= 0.3 is 11.8 Å². The lowest BCUT2D eigenvalue weighted by molar-refractivity contribution is -0.145. The van der Waals surface area contributed by atoms with E-state index in [9.17, 15) is 9.59 Å². The van der Waals surface area contributed by atoms with Gasteiger partial charge in [0.25, 0.3) is 0 Å². The normalized spacial score (nSPS) is 18.3. The van der Waals surface area contributed by atoms with Crippen LogP contribution in [0.1, 0.15) is 27.2 Å². The minimum Gasteiger partial charge on any atom is -0.348 e. The fourth-order valence-corrected chi connectivity index (χ4v) is 1.76. The molecular formula is C13H25N3O2. The fraction of sp³-hybridized carbons (Fsp3) is 0.846. The first-order valence-electron chi connectivity index (χ1n) is 6.80. The van der Waals surface area contributed by atoms with Crippen molar-refractivity contribution in [1.82, 2.24) is 15.5 Å². The fourth-order valence-electron chi connectivity index (χ4n) is 1.76. The number of carbonyl (C=O) groups excluding carboxylic acids is 2. The van der Waals surface area contributed by atoms with Crippen LogP contribution in [0.15, 0.2) is 0 Å². The van der Waals surface area contributed by atoms with Gasteiger partial charge in [0.2, 0.25) is 0 Å². The van der Waals surface area contributed by atoms with Gasteiger partial charge in [-0.1, -0.05) is 20.8 Å². The van der Waals surface area contributed by atoms with E-state index >= 15 is 0 Å². The molecule has 0 bridgehead atoms. The van der Waals surface area contributed by atoms with Crippen molar-refractivity contribution in [2.24, 2.45) is 11.8 Å². The molecule has 0 spiro atoms. The molecule has 1 aliphatic heterocycles. The molecule has 0 aromatic rings. The van der Waals surface area contributed by atoms with Crippen molar-refractivity contribution in [3.05, 3.63) is 0 Å². The van der Waals surface area contributed by atoms with E-state index in [0.29, 0.717) is 31.5 Å². The predicted octanol–water partition coefficient (Wildman–Crippen LogP) is 0.217. The Hall–Kier alpha value is -1.10. The summed E-state index contributed by atoms with van der Waals surface area (Å²) < 4.78 is 0. The summed E-state index contributed by atoms with van der Waals surface area (Å²) in [4.78, 5) is 25.3. The average Bonchev–Trinajstić information content (AvgIpc) is 2.63. The van der Waals surface area contributed by atoms with E-state index in [1.165, 1.54) is 0 Å². The maximum absolute atomic E-state index is 11.9. The second-order valence-corrected chi connectivity index (χ2v) is 5.33. The Kier molecular flexibility index (Phi) is 6.12. The van der Waals surface area contributed by atoms with Crippen molar-refractivity contribution < 1.29 is 9.59 Å². The van der Waals surface area contributed by atoms with E-state index in [1.807, 2.05) is 0 Å². The van der Waals surface area contributed by atoms with Gasteiger partial charge in [-0.3, -0.25) is 9.59 Å². The summed E-state index contributed by atoms with van der Waals surface area (Å²) >= 11 is 0. The van der Waals surface area contributed by atoms with Crippen LogP contribution < -0.4 is 10.6 Å². The highest BCUT2D eigenvalue weighted by Crippen LogP contribution is 2.07. The Morgan fingerprint density at radius 2 is 1.94 bits per heavy atom. The lowest BCUT2D eigenvalue weighted by atomic mass is 9.98. The van der Waals surface area contributed by atoms with Crippen LogP contribution in [0.25, 0.3) is 0 Å². The molecule has 1 heterocycles. The molecule has 5 nitrogen and oxygen atoms in total. The zero-order chi connectivity index (χ0) is 13.5. The van der Waals surface area contributed by atoms with Crippen LogP contribution in [0.3, 0.4) is 0 Å². The van der Waals surface area contributed by atoms with Gasteiger partial charge in [0, 0.05) is 26.2 Å². The highest BCUT2D eigenvalue weighted by atomic mass is 16.2. The second kappa shape index (κ2) is 7.36. The topological polar surface area (TPSA) is 61.4 Å². The molecule has 0 saturated carbocycles. The van der Waals surface area contributed by atoms with Crippen molar-refractivity contribution in [2.45, 2.75) is 27.2 Å². The number of nitrogens with one attached hydrogen (secondary N) is 2. The SMILES string of the molecule is CC(C)C(C)CNC(=O)C(=O)N1CCCNCC1. The van der Waals surface area contributed by atoms with Crippen molar-refractivity contribution in [2.75, 3.05) is 32.7 Å². The van der Waals surface area contributed by atoms with Crippen LogP contribution in [-0.4, -0.2) is 49.4 Å². The molecule has 2 N–H and O–H groups in total. The van der Waals surface area contributed by atoms with Gasteiger partial charge in [0.15, 0.2) is 0 Å². The van der Waals surface area contributed by atoms with Crippen molar-refractivity contribution in [1.29, 1.82) is 0 Å². The van der Waals surface area contributed by atoms with Gasteiger partial charge in [-0.05, 0) is 24.8 Å². The Balaban J connectivity index is 2.38. The maximum Gasteiger partial charge on any atom is 0.311 e. The minimum atomic E-state index is -0.468. The third kappa shape index (κ3) is 4.64. The van der Waals surface area contributed by atoms with Gasteiger partial charge in [-0.25, -0.2) is 0 Å². The standard InChI is InChI=1S/C13H25N3O2/c1-10(2)11(3)9-15-12(17)13(18)16-7-4-5-14-6-8-16/h10-11,14H,4-9H2,1-3H3,(H,15,17). The number of hydrogen-bond acceptors (Lipinski definition) is 3. The Morgan fingerprint density at radius 3 is 2.61 bits per heavy atom. The molecule has 1 unspecified atom stereocenters. The first-order chi connectivity index (χ1) is 8.52. The van der Waals surface area contributed by atoms with Crippen LogP contribution in [0, 0.1) is 11.8 Å². The second-order valence-electron chi connectivity index (χ2n) is 5.33. The van der Waals surface area contributed by atoms with Crippen LogP contribution in [0.4, 0.5) is 0 Å². The number of hydrogen-bond donors (Lipinski definition) is 2. The van der Waals surface area contributed by atoms with E-state index in [1.54, 1.807) is 4.90 Å². The Labute approximate surface area is 109 Å². The molecule has 0 aliphatic carbocycles. The molecule has 18 heavy (non-hydrogen) atoms. The van der Waals surface area contributed by atoms with Gasteiger partial charge in [0.05, 0.1) is 0 Å². The summed E-state index contributed by atoms with van der Waals surface area (Å²) in [6, 6.07) is 0. The van der Waals surface area contributed by atoms with Crippen molar-refractivity contribution in [3.8, 4) is 0 Å². The van der Waals surface area contributed by atoms with Crippen LogP contribution in [0.2, 0.25) is 0 Å². The highest BCUT2D eigenvalue weighted by Gasteiger charge is 2.22. The smallest absolute Gasteiger partial charge is 0.311 e. The molecule has 0 aromatic carbocycles. The number of amides is 2. The molecule has 1 saturated heterocycles.